The maximum Gasteiger partial charge on any atom is 0.156 e. The highest BCUT2D eigenvalue weighted by Gasteiger charge is 2.11. The van der Waals surface area contributed by atoms with Crippen LogP contribution < -0.4 is 9.80 Å². The van der Waals surface area contributed by atoms with Gasteiger partial charge in [0, 0.05) is 38.3 Å². The molecule has 3 aromatic rings. The lowest BCUT2D eigenvalue weighted by molar-refractivity contribution is 0.384. The maximum atomic E-state index is 5.46. The van der Waals surface area contributed by atoms with Gasteiger partial charge in [0.2, 0.25) is 0 Å². The van der Waals surface area contributed by atoms with Gasteiger partial charge in [-0.3, -0.25) is 0 Å². The number of anilines is 2. The summed E-state index contributed by atoms with van der Waals surface area (Å²) in [5.41, 5.74) is 1.89. The Bertz CT molecular complexity index is 787. The molecule has 0 radical (unpaired) electrons. The molecule has 2 aromatic heterocycles. The maximum absolute atomic E-state index is 5.46. The zero-order valence-corrected chi connectivity index (χ0v) is 14.2. The van der Waals surface area contributed by atoms with Crippen LogP contribution in [0.5, 0.6) is 0 Å². The zero-order chi connectivity index (χ0) is 16.9. The highest BCUT2D eigenvalue weighted by molar-refractivity contribution is 5.58. The van der Waals surface area contributed by atoms with Crippen LogP contribution in [-0.4, -0.2) is 35.8 Å². The molecule has 0 aliphatic heterocycles. The molecule has 0 aliphatic carbocycles. The van der Waals surface area contributed by atoms with Crippen molar-refractivity contribution in [1.82, 2.24) is 15.1 Å². The summed E-state index contributed by atoms with van der Waals surface area (Å²) in [6.07, 6.45) is 1.59. The largest absolute Gasteiger partial charge is 0.360 e. The van der Waals surface area contributed by atoms with Crippen LogP contribution in [0.3, 0.4) is 0 Å². The van der Waals surface area contributed by atoms with Crippen LogP contribution in [0.1, 0.15) is 12.7 Å². The number of rotatable bonds is 6. The molecule has 0 amide bonds. The van der Waals surface area contributed by atoms with E-state index in [0.717, 1.165) is 35.2 Å². The molecule has 6 heteroatoms. The Labute approximate surface area is 141 Å². The summed E-state index contributed by atoms with van der Waals surface area (Å²) in [5.74, 6) is 2.54. The fourth-order valence-electron chi connectivity index (χ4n) is 2.36. The normalized spacial score (nSPS) is 10.6. The Balaban J connectivity index is 1.73. The van der Waals surface area contributed by atoms with Crippen molar-refractivity contribution in [2.24, 2.45) is 0 Å². The second-order valence-electron chi connectivity index (χ2n) is 5.65. The number of benzene rings is 1. The van der Waals surface area contributed by atoms with E-state index < -0.39 is 0 Å². The van der Waals surface area contributed by atoms with E-state index >= 15 is 0 Å². The van der Waals surface area contributed by atoms with E-state index in [2.05, 4.69) is 26.9 Å². The molecule has 0 atom stereocenters. The lowest BCUT2D eigenvalue weighted by atomic mass is 10.1. The van der Waals surface area contributed by atoms with Crippen LogP contribution in [0.2, 0.25) is 0 Å². The first-order chi connectivity index (χ1) is 11.7. The minimum Gasteiger partial charge on any atom is -0.360 e. The van der Waals surface area contributed by atoms with Gasteiger partial charge in [-0.15, -0.1) is 0 Å². The van der Waals surface area contributed by atoms with Crippen molar-refractivity contribution in [1.29, 1.82) is 0 Å². The zero-order valence-electron chi connectivity index (χ0n) is 14.2. The van der Waals surface area contributed by atoms with Crippen molar-refractivity contribution in [3.8, 4) is 11.3 Å². The molecule has 24 heavy (non-hydrogen) atoms. The van der Waals surface area contributed by atoms with E-state index in [1.54, 1.807) is 6.33 Å². The molecule has 1 aromatic carbocycles. The van der Waals surface area contributed by atoms with Gasteiger partial charge in [0.15, 0.2) is 5.76 Å². The molecule has 0 N–H and O–H groups in total. The summed E-state index contributed by atoms with van der Waals surface area (Å²) >= 11 is 0. The molecule has 0 spiro atoms. The van der Waals surface area contributed by atoms with Gasteiger partial charge in [0.25, 0.3) is 0 Å². The Morgan fingerprint density at radius 1 is 0.958 bits per heavy atom. The third kappa shape index (κ3) is 3.53. The number of nitrogens with zero attached hydrogens (tertiary/aromatic N) is 5. The summed E-state index contributed by atoms with van der Waals surface area (Å²) in [7, 11) is 3.98. The summed E-state index contributed by atoms with van der Waals surface area (Å²) in [6.45, 7) is 3.57. The van der Waals surface area contributed by atoms with Crippen molar-refractivity contribution < 1.29 is 4.52 Å². The summed E-state index contributed by atoms with van der Waals surface area (Å²) in [6, 6.07) is 13.9. The van der Waals surface area contributed by atoms with Crippen molar-refractivity contribution in [3.63, 3.8) is 0 Å². The molecular formula is C18H21N5O. The summed E-state index contributed by atoms with van der Waals surface area (Å²) in [5, 5.41) is 4.15. The second-order valence-corrected chi connectivity index (χ2v) is 5.65. The summed E-state index contributed by atoms with van der Waals surface area (Å²) < 4.78 is 5.46. The Morgan fingerprint density at radius 3 is 2.38 bits per heavy atom. The number of hydrogen-bond donors (Lipinski definition) is 0. The Morgan fingerprint density at radius 2 is 1.67 bits per heavy atom. The Kier molecular flexibility index (Phi) is 4.74. The molecule has 0 fully saturated rings. The van der Waals surface area contributed by atoms with E-state index in [0.29, 0.717) is 6.54 Å². The van der Waals surface area contributed by atoms with Gasteiger partial charge in [-0.05, 0) is 6.92 Å². The molecule has 2 heterocycles. The number of aromatic nitrogens is 3. The molecule has 0 unspecified atom stereocenters. The van der Waals surface area contributed by atoms with Crippen molar-refractivity contribution in [2.45, 2.75) is 13.5 Å². The molecule has 0 aliphatic rings. The first-order valence-corrected chi connectivity index (χ1v) is 7.92. The highest BCUT2D eigenvalue weighted by atomic mass is 16.5. The van der Waals surface area contributed by atoms with Crippen LogP contribution in [0.25, 0.3) is 11.3 Å². The fourth-order valence-corrected chi connectivity index (χ4v) is 2.36. The van der Waals surface area contributed by atoms with Gasteiger partial charge in [-0.2, -0.15) is 0 Å². The second kappa shape index (κ2) is 7.12. The first kappa shape index (κ1) is 16.0. The van der Waals surface area contributed by atoms with Gasteiger partial charge in [-0.1, -0.05) is 35.5 Å². The quantitative estimate of drug-likeness (QED) is 0.694. The minimum absolute atomic E-state index is 0.589. The molecule has 0 bridgehead atoms. The van der Waals surface area contributed by atoms with E-state index in [4.69, 9.17) is 4.52 Å². The van der Waals surface area contributed by atoms with E-state index in [1.165, 1.54) is 0 Å². The van der Waals surface area contributed by atoms with Crippen molar-refractivity contribution in [2.75, 3.05) is 30.4 Å². The van der Waals surface area contributed by atoms with Crippen LogP contribution in [-0.2, 0) is 6.54 Å². The van der Waals surface area contributed by atoms with Gasteiger partial charge >= 0.3 is 0 Å². The molecule has 3 rings (SSSR count). The fraction of sp³-hybridized carbons (Fsp3) is 0.278. The van der Waals surface area contributed by atoms with E-state index in [1.807, 2.05) is 61.5 Å². The number of hydrogen-bond acceptors (Lipinski definition) is 6. The highest BCUT2D eigenvalue weighted by Crippen LogP contribution is 2.21. The van der Waals surface area contributed by atoms with Gasteiger partial charge < -0.3 is 14.3 Å². The first-order valence-electron chi connectivity index (χ1n) is 7.92. The SMILES string of the molecule is CCN(C)c1cc(N(C)Cc2cc(-c3ccccc3)no2)ncn1. The topological polar surface area (TPSA) is 58.3 Å². The molecule has 124 valence electrons. The standard InChI is InChI=1S/C18H21N5O/c1-4-22(2)17-11-18(20-13-19-17)23(3)12-15-10-16(21-24-15)14-8-6-5-7-9-14/h5-11,13H,4,12H2,1-3H3. The van der Waals surface area contributed by atoms with E-state index in [-0.39, 0.29) is 0 Å². The smallest absolute Gasteiger partial charge is 0.156 e. The lowest BCUT2D eigenvalue weighted by Gasteiger charge is -2.20. The van der Waals surface area contributed by atoms with Crippen LogP contribution in [0, 0.1) is 0 Å². The molecule has 0 saturated carbocycles. The predicted octanol–water partition coefficient (Wildman–Crippen LogP) is 3.22. The van der Waals surface area contributed by atoms with Gasteiger partial charge in [-0.25, -0.2) is 9.97 Å². The average molecular weight is 323 g/mol. The van der Waals surface area contributed by atoms with Crippen molar-refractivity contribution in [3.05, 3.63) is 54.6 Å². The minimum atomic E-state index is 0.589. The van der Waals surface area contributed by atoms with Crippen molar-refractivity contribution >= 4 is 11.6 Å². The third-order valence-electron chi connectivity index (χ3n) is 3.92. The van der Waals surface area contributed by atoms with Crippen LogP contribution in [0.4, 0.5) is 11.6 Å². The summed E-state index contributed by atoms with van der Waals surface area (Å²) in [4.78, 5) is 12.7. The lowest BCUT2D eigenvalue weighted by Crippen LogP contribution is -2.20. The molecular weight excluding hydrogens is 302 g/mol. The Hall–Kier alpha value is -2.89. The average Bonchev–Trinajstić information content (AvgIpc) is 3.10. The monoisotopic (exact) mass is 323 g/mol. The molecule has 0 saturated heterocycles. The van der Waals surface area contributed by atoms with Crippen LogP contribution >= 0.6 is 0 Å². The molecule has 6 nitrogen and oxygen atoms in total. The van der Waals surface area contributed by atoms with Crippen LogP contribution in [0.15, 0.2) is 53.3 Å². The van der Waals surface area contributed by atoms with Gasteiger partial charge in [0.05, 0.1) is 6.54 Å². The van der Waals surface area contributed by atoms with Gasteiger partial charge in [0.1, 0.15) is 23.7 Å². The van der Waals surface area contributed by atoms with E-state index in [9.17, 15) is 0 Å². The predicted molar refractivity (Wildman–Crippen MR) is 95.0 cm³/mol. The third-order valence-corrected chi connectivity index (χ3v) is 3.92.